The van der Waals surface area contributed by atoms with E-state index in [1.807, 2.05) is 0 Å². The Hall–Kier alpha value is -2.48. The molecule has 2 amide bonds. The van der Waals surface area contributed by atoms with Crippen LogP contribution in [0.2, 0.25) is 0 Å². The van der Waals surface area contributed by atoms with E-state index in [1.165, 1.54) is 22.9 Å². The Bertz CT molecular complexity index is 655. The summed E-state index contributed by atoms with van der Waals surface area (Å²) in [6, 6.07) is 2.75. The molecule has 0 aliphatic heterocycles. The van der Waals surface area contributed by atoms with E-state index < -0.39 is 12.0 Å². The number of rotatable bonds is 3. The third-order valence-electron chi connectivity index (χ3n) is 2.53. The van der Waals surface area contributed by atoms with E-state index in [4.69, 9.17) is 0 Å². The summed E-state index contributed by atoms with van der Waals surface area (Å²) >= 11 is 1.17. The number of aromatic carboxylic acids is 1. The van der Waals surface area contributed by atoms with Crippen LogP contribution in [0.5, 0.6) is 0 Å². The van der Waals surface area contributed by atoms with Crippen molar-refractivity contribution in [1.29, 1.82) is 0 Å². The van der Waals surface area contributed by atoms with Gasteiger partial charge in [-0.25, -0.2) is 9.59 Å². The van der Waals surface area contributed by atoms with Gasteiger partial charge in [-0.05, 0) is 31.0 Å². The number of carbonyl (C=O) groups is 2. The Morgan fingerprint density at radius 1 is 1.25 bits per heavy atom. The lowest BCUT2D eigenvalue weighted by Crippen LogP contribution is -2.21. The number of carbonyl (C=O) groups excluding carboxylic acids is 1. The molecule has 0 aliphatic carbocycles. The fourth-order valence-corrected chi connectivity index (χ4v) is 2.21. The number of carboxylic acids is 1. The standard InChI is InChI=1S/C12H12N4O3S/c1-6-3-7(2)9(8(4-6)10(17)18)14-11(19)15-12-16-13-5-20-12/h3-5H,1-2H3,(H,17,18)(H2,14,15,16,19). The second kappa shape index (κ2) is 5.66. The van der Waals surface area contributed by atoms with Crippen molar-refractivity contribution in [2.45, 2.75) is 13.8 Å². The monoisotopic (exact) mass is 292 g/mol. The molecule has 0 radical (unpaired) electrons. The predicted molar refractivity (Wildman–Crippen MR) is 75.4 cm³/mol. The maximum atomic E-state index is 11.8. The van der Waals surface area contributed by atoms with Crippen molar-refractivity contribution in [3.63, 3.8) is 0 Å². The lowest BCUT2D eigenvalue weighted by molar-refractivity contribution is 0.0698. The van der Waals surface area contributed by atoms with Crippen LogP contribution in [-0.2, 0) is 0 Å². The highest BCUT2D eigenvalue weighted by Gasteiger charge is 2.16. The fourth-order valence-electron chi connectivity index (χ4n) is 1.77. The number of nitrogens with zero attached hydrogens (tertiary/aromatic N) is 2. The van der Waals surface area contributed by atoms with Crippen molar-refractivity contribution >= 4 is 34.2 Å². The van der Waals surface area contributed by atoms with Crippen molar-refractivity contribution in [1.82, 2.24) is 10.2 Å². The van der Waals surface area contributed by atoms with E-state index in [9.17, 15) is 14.7 Å². The average Bonchev–Trinajstić information content (AvgIpc) is 2.84. The van der Waals surface area contributed by atoms with Gasteiger partial charge in [0.1, 0.15) is 5.51 Å². The number of hydrogen-bond acceptors (Lipinski definition) is 5. The molecule has 104 valence electrons. The summed E-state index contributed by atoms with van der Waals surface area (Å²) in [6.07, 6.45) is 0. The molecule has 0 aliphatic rings. The largest absolute Gasteiger partial charge is 0.478 e. The lowest BCUT2D eigenvalue weighted by atomic mass is 10.0. The van der Waals surface area contributed by atoms with Crippen LogP contribution in [0.15, 0.2) is 17.6 Å². The first-order chi connectivity index (χ1) is 9.47. The lowest BCUT2D eigenvalue weighted by Gasteiger charge is -2.12. The van der Waals surface area contributed by atoms with Crippen LogP contribution in [-0.4, -0.2) is 27.3 Å². The van der Waals surface area contributed by atoms with E-state index in [1.54, 1.807) is 19.9 Å². The highest BCUT2D eigenvalue weighted by atomic mass is 32.1. The zero-order chi connectivity index (χ0) is 14.7. The number of benzene rings is 1. The average molecular weight is 292 g/mol. The van der Waals surface area contributed by atoms with Gasteiger partial charge in [-0.15, -0.1) is 10.2 Å². The summed E-state index contributed by atoms with van der Waals surface area (Å²) in [7, 11) is 0. The van der Waals surface area contributed by atoms with Crippen LogP contribution in [0, 0.1) is 13.8 Å². The molecule has 7 nitrogen and oxygen atoms in total. The first-order valence-corrected chi connectivity index (χ1v) is 6.54. The second-order valence-electron chi connectivity index (χ2n) is 4.13. The Morgan fingerprint density at radius 2 is 2.00 bits per heavy atom. The molecule has 3 N–H and O–H groups in total. The van der Waals surface area contributed by atoms with E-state index in [2.05, 4.69) is 20.8 Å². The van der Waals surface area contributed by atoms with E-state index in [0.717, 1.165) is 5.56 Å². The van der Waals surface area contributed by atoms with Gasteiger partial charge in [0.05, 0.1) is 11.3 Å². The van der Waals surface area contributed by atoms with Gasteiger partial charge in [-0.3, -0.25) is 5.32 Å². The van der Waals surface area contributed by atoms with E-state index in [0.29, 0.717) is 10.7 Å². The molecule has 20 heavy (non-hydrogen) atoms. The number of aryl methyl sites for hydroxylation is 2. The van der Waals surface area contributed by atoms with Crippen molar-refractivity contribution in [3.8, 4) is 0 Å². The maximum absolute atomic E-state index is 11.8. The van der Waals surface area contributed by atoms with Gasteiger partial charge in [0, 0.05) is 0 Å². The van der Waals surface area contributed by atoms with Crippen LogP contribution < -0.4 is 10.6 Å². The number of anilines is 2. The minimum atomic E-state index is -1.09. The number of nitrogens with one attached hydrogen (secondary N) is 2. The van der Waals surface area contributed by atoms with Gasteiger partial charge >= 0.3 is 12.0 Å². The van der Waals surface area contributed by atoms with Gasteiger partial charge < -0.3 is 10.4 Å². The molecule has 0 atom stereocenters. The van der Waals surface area contributed by atoms with Crippen molar-refractivity contribution in [2.75, 3.05) is 10.6 Å². The summed E-state index contributed by atoms with van der Waals surface area (Å²) in [5.74, 6) is -1.09. The van der Waals surface area contributed by atoms with Crippen molar-refractivity contribution in [3.05, 3.63) is 34.3 Å². The molecule has 0 spiro atoms. The fraction of sp³-hybridized carbons (Fsp3) is 0.167. The quantitative estimate of drug-likeness (QED) is 0.806. The molecule has 2 aromatic rings. The molecule has 1 aromatic carbocycles. The highest BCUT2D eigenvalue weighted by Crippen LogP contribution is 2.23. The van der Waals surface area contributed by atoms with Crippen LogP contribution in [0.3, 0.4) is 0 Å². The Balaban J connectivity index is 2.24. The number of urea groups is 1. The number of carboxylic acid groups (broad SMARTS) is 1. The summed E-state index contributed by atoms with van der Waals surface area (Å²) in [5.41, 5.74) is 3.29. The highest BCUT2D eigenvalue weighted by molar-refractivity contribution is 7.13. The number of hydrogen-bond donors (Lipinski definition) is 3. The summed E-state index contributed by atoms with van der Waals surface area (Å²) in [6.45, 7) is 3.53. The Morgan fingerprint density at radius 3 is 2.60 bits per heavy atom. The van der Waals surface area contributed by atoms with E-state index in [-0.39, 0.29) is 11.3 Å². The number of amides is 2. The summed E-state index contributed by atoms with van der Waals surface area (Å²) in [4.78, 5) is 23.0. The minimum absolute atomic E-state index is 0.0508. The third kappa shape index (κ3) is 3.09. The normalized spacial score (nSPS) is 10.1. The van der Waals surface area contributed by atoms with Gasteiger partial charge in [-0.1, -0.05) is 17.4 Å². The molecule has 0 saturated heterocycles. The van der Waals surface area contributed by atoms with Gasteiger partial charge in [0.15, 0.2) is 0 Å². The maximum Gasteiger partial charge on any atom is 0.337 e. The van der Waals surface area contributed by atoms with Crippen LogP contribution in [0.4, 0.5) is 15.6 Å². The smallest absolute Gasteiger partial charge is 0.337 e. The first kappa shape index (κ1) is 13.9. The second-order valence-corrected chi connectivity index (χ2v) is 4.97. The molecular formula is C12H12N4O3S. The van der Waals surface area contributed by atoms with Gasteiger partial charge in [0.2, 0.25) is 5.13 Å². The molecular weight excluding hydrogens is 280 g/mol. The molecule has 0 saturated carbocycles. The zero-order valence-corrected chi connectivity index (χ0v) is 11.6. The SMILES string of the molecule is Cc1cc(C)c(NC(=O)Nc2nncs2)c(C(=O)O)c1. The predicted octanol–water partition coefficient (Wildman–Crippen LogP) is 2.50. The molecule has 1 heterocycles. The Kier molecular flexibility index (Phi) is 3.94. The minimum Gasteiger partial charge on any atom is -0.478 e. The van der Waals surface area contributed by atoms with Crippen molar-refractivity contribution in [2.24, 2.45) is 0 Å². The molecule has 1 aromatic heterocycles. The summed E-state index contributed by atoms with van der Waals surface area (Å²) < 4.78 is 0. The summed E-state index contributed by atoms with van der Waals surface area (Å²) in [5, 5.41) is 21.8. The third-order valence-corrected chi connectivity index (χ3v) is 3.14. The topological polar surface area (TPSA) is 104 Å². The molecule has 8 heteroatoms. The van der Waals surface area contributed by atoms with Crippen LogP contribution in [0.1, 0.15) is 21.5 Å². The molecule has 0 bridgehead atoms. The number of aromatic nitrogens is 2. The molecule has 0 unspecified atom stereocenters. The van der Waals surface area contributed by atoms with E-state index >= 15 is 0 Å². The first-order valence-electron chi connectivity index (χ1n) is 5.66. The van der Waals surface area contributed by atoms with Crippen LogP contribution >= 0.6 is 11.3 Å². The van der Waals surface area contributed by atoms with Crippen LogP contribution in [0.25, 0.3) is 0 Å². The van der Waals surface area contributed by atoms with Gasteiger partial charge in [0.25, 0.3) is 0 Å². The van der Waals surface area contributed by atoms with Gasteiger partial charge in [-0.2, -0.15) is 0 Å². The zero-order valence-electron chi connectivity index (χ0n) is 10.8. The molecule has 0 fully saturated rings. The Labute approximate surface area is 118 Å². The molecule has 2 rings (SSSR count). The van der Waals surface area contributed by atoms with Crippen molar-refractivity contribution < 1.29 is 14.7 Å².